The predicted molar refractivity (Wildman–Crippen MR) is 60.3 cm³/mol. The van der Waals surface area contributed by atoms with Crippen molar-refractivity contribution in [2.24, 2.45) is 0 Å². The Labute approximate surface area is 86.8 Å². The van der Waals surface area contributed by atoms with Crippen LogP contribution in [0.3, 0.4) is 0 Å². The van der Waals surface area contributed by atoms with Crippen LogP contribution < -0.4 is 5.32 Å². The number of nitrogens with one attached hydrogen (secondary N) is 1. The molecular weight excluding hydrogens is 172 g/mol. The van der Waals surface area contributed by atoms with Crippen LogP contribution in [0.25, 0.3) is 0 Å². The molecule has 1 aromatic heterocycles. The average molecular weight is 192 g/mol. The van der Waals surface area contributed by atoms with E-state index in [2.05, 4.69) is 23.3 Å². The molecule has 0 aliphatic rings. The first-order chi connectivity index (χ1) is 6.93. The van der Waals surface area contributed by atoms with Crippen molar-refractivity contribution < 1.29 is 0 Å². The molecule has 1 aromatic rings. The third-order valence-corrected chi connectivity index (χ3v) is 2.22. The Hall–Kier alpha value is -0.890. The topological polar surface area (TPSA) is 24.9 Å². The fourth-order valence-corrected chi connectivity index (χ4v) is 1.37. The zero-order valence-electron chi connectivity index (χ0n) is 9.00. The number of rotatable bonds is 7. The van der Waals surface area contributed by atoms with Gasteiger partial charge in [0, 0.05) is 11.9 Å². The largest absolute Gasteiger partial charge is 0.317 e. The third-order valence-electron chi connectivity index (χ3n) is 2.22. The highest BCUT2D eigenvalue weighted by atomic mass is 14.8. The van der Waals surface area contributed by atoms with Gasteiger partial charge < -0.3 is 5.32 Å². The maximum atomic E-state index is 4.28. The van der Waals surface area contributed by atoms with E-state index in [9.17, 15) is 0 Å². The van der Waals surface area contributed by atoms with E-state index in [0.29, 0.717) is 0 Å². The molecule has 2 heteroatoms. The molecule has 14 heavy (non-hydrogen) atoms. The van der Waals surface area contributed by atoms with Gasteiger partial charge in [-0.2, -0.15) is 0 Å². The summed E-state index contributed by atoms with van der Waals surface area (Å²) >= 11 is 0. The summed E-state index contributed by atoms with van der Waals surface area (Å²) in [5.74, 6) is 0. The van der Waals surface area contributed by atoms with Crippen LogP contribution in [0.5, 0.6) is 0 Å². The van der Waals surface area contributed by atoms with Crippen LogP contribution in [0, 0.1) is 0 Å². The highest BCUT2D eigenvalue weighted by molar-refractivity contribution is 5.03. The first kappa shape index (κ1) is 11.2. The summed E-state index contributed by atoms with van der Waals surface area (Å²) in [6.45, 7) is 4.48. The van der Waals surface area contributed by atoms with Crippen LogP contribution >= 0.6 is 0 Å². The summed E-state index contributed by atoms with van der Waals surface area (Å²) in [6, 6.07) is 6.10. The second-order valence-corrected chi connectivity index (χ2v) is 3.53. The minimum atomic E-state index is 1.08. The number of aromatic nitrogens is 1. The molecule has 0 saturated heterocycles. The van der Waals surface area contributed by atoms with Crippen molar-refractivity contribution in [3.63, 3.8) is 0 Å². The van der Waals surface area contributed by atoms with Crippen LogP contribution in [0.4, 0.5) is 0 Å². The Kier molecular flexibility index (Phi) is 6.00. The molecule has 0 bridgehead atoms. The molecule has 0 aliphatic carbocycles. The molecule has 0 amide bonds. The van der Waals surface area contributed by atoms with E-state index in [1.54, 1.807) is 0 Å². The Morgan fingerprint density at radius 2 is 2.07 bits per heavy atom. The Bertz CT molecular complexity index is 221. The fraction of sp³-hybridized carbons (Fsp3) is 0.583. The van der Waals surface area contributed by atoms with Gasteiger partial charge in [0.1, 0.15) is 0 Å². The van der Waals surface area contributed by atoms with Crippen LogP contribution in [-0.4, -0.2) is 18.1 Å². The maximum absolute atomic E-state index is 4.28. The van der Waals surface area contributed by atoms with Gasteiger partial charge >= 0.3 is 0 Å². The van der Waals surface area contributed by atoms with Crippen molar-refractivity contribution in [1.82, 2.24) is 10.3 Å². The molecule has 1 rings (SSSR count). The van der Waals surface area contributed by atoms with Crippen molar-refractivity contribution in [2.45, 2.75) is 32.6 Å². The van der Waals surface area contributed by atoms with Crippen molar-refractivity contribution in [3.8, 4) is 0 Å². The molecule has 1 N–H and O–H groups in total. The van der Waals surface area contributed by atoms with E-state index in [4.69, 9.17) is 0 Å². The van der Waals surface area contributed by atoms with Crippen molar-refractivity contribution in [3.05, 3.63) is 30.1 Å². The summed E-state index contributed by atoms with van der Waals surface area (Å²) in [7, 11) is 0. The minimum Gasteiger partial charge on any atom is -0.317 e. The smallest absolute Gasteiger partial charge is 0.0404 e. The van der Waals surface area contributed by atoms with Gasteiger partial charge in [0.25, 0.3) is 0 Å². The van der Waals surface area contributed by atoms with Gasteiger partial charge in [-0.1, -0.05) is 19.4 Å². The second-order valence-electron chi connectivity index (χ2n) is 3.53. The highest BCUT2D eigenvalue weighted by Gasteiger charge is 1.92. The fourth-order valence-electron chi connectivity index (χ4n) is 1.37. The molecule has 1 heterocycles. The third kappa shape index (κ3) is 4.97. The normalized spacial score (nSPS) is 10.4. The van der Waals surface area contributed by atoms with Crippen molar-refractivity contribution >= 4 is 0 Å². The lowest BCUT2D eigenvalue weighted by atomic mass is 10.2. The molecule has 0 aliphatic heterocycles. The van der Waals surface area contributed by atoms with Gasteiger partial charge in [-0.25, -0.2) is 0 Å². The van der Waals surface area contributed by atoms with Crippen molar-refractivity contribution in [2.75, 3.05) is 13.1 Å². The number of aryl methyl sites for hydroxylation is 1. The summed E-state index contributed by atoms with van der Waals surface area (Å²) in [6.07, 6.45) is 6.68. The Balaban J connectivity index is 1.99. The van der Waals surface area contributed by atoms with Gasteiger partial charge in [0.15, 0.2) is 0 Å². The standard InChI is InChI=1S/C12H20N2/c1-2-3-9-13-10-6-8-12-7-4-5-11-14-12/h4-5,7,11,13H,2-3,6,8-10H2,1H3. The summed E-state index contributed by atoms with van der Waals surface area (Å²) in [5, 5.41) is 3.43. The summed E-state index contributed by atoms with van der Waals surface area (Å²) in [5.41, 5.74) is 1.20. The molecule has 0 fully saturated rings. The van der Waals surface area contributed by atoms with Crippen LogP contribution in [0.2, 0.25) is 0 Å². The monoisotopic (exact) mass is 192 g/mol. The molecule has 0 spiro atoms. The SMILES string of the molecule is CCCCNCCCc1ccccn1. The molecule has 0 atom stereocenters. The van der Waals surface area contributed by atoms with E-state index in [0.717, 1.165) is 19.5 Å². The highest BCUT2D eigenvalue weighted by Crippen LogP contribution is 1.97. The molecule has 0 saturated carbocycles. The number of nitrogens with zero attached hydrogens (tertiary/aromatic N) is 1. The van der Waals surface area contributed by atoms with E-state index < -0.39 is 0 Å². The first-order valence-electron chi connectivity index (χ1n) is 5.54. The summed E-state index contributed by atoms with van der Waals surface area (Å²) < 4.78 is 0. The van der Waals surface area contributed by atoms with Crippen LogP contribution in [0.1, 0.15) is 31.9 Å². The van der Waals surface area contributed by atoms with E-state index >= 15 is 0 Å². The minimum absolute atomic E-state index is 1.08. The predicted octanol–water partition coefficient (Wildman–Crippen LogP) is 2.40. The van der Waals surface area contributed by atoms with E-state index in [-0.39, 0.29) is 0 Å². The lowest BCUT2D eigenvalue weighted by Crippen LogP contribution is -2.17. The number of unbranched alkanes of at least 4 members (excludes halogenated alkanes) is 1. The second kappa shape index (κ2) is 7.51. The Morgan fingerprint density at radius 1 is 1.21 bits per heavy atom. The molecule has 0 unspecified atom stereocenters. The molecule has 0 aromatic carbocycles. The number of hydrogen-bond donors (Lipinski definition) is 1. The average Bonchev–Trinajstić information content (AvgIpc) is 2.25. The first-order valence-corrected chi connectivity index (χ1v) is 5.54. The van der Waals surface area contributed by atoms with Crippen LogP contribution in [0.15, 0.2) is 24.4 Å². The number of pyridine rings is 1. The lowest BCUT2D eigenvalue weighted by molar-refractivity contribution is 0.614. The van der Waals surface area contributed by atoms with Gasteiger partial charge in [-0.15, -0.1) is 0 Å². The quantitative estimate of drug-likeness (QED) is 0.671. The van der Waals surface area contributed by atoms with Crippen molar-refractivity contribution in [1.29, 1.82) is 0 Å². The van der Waals surface area contributed by atoms with Gasteiger partial charge in [0.05, 0.1) is 0 Å². The number of hydrogen-bond acceptors (Lipinski definition) is 2. The van der Waals surface area contributed by atoms with Crippen LogP contribution in [-0.2, 0) is 6.42 Å². The van der Waals surface area contributed by atoms with E-state index in [1.165, 1.54) is 25.0 Å². The lowest BCUT2D eigenvalue weighted by Gasteiger charge is -2.02. The van der Waals surface area contributed by atoms with Gasteiger partial charge in [-0.05, 0) is 44.5 Å². The molecule has 2 nitrogen and oxygen atoms in total. The molecule has 0 radical (unpaired) electrons. The Morgan fingerprint density at radius 3 is 2.79 bits per heavy atom. The summed E-state index contributed by atoms with van der Waals surface area (Å²) in [4.78, 5) is 4.28. The zero-order chi connectivity index (χ0) is 10.1. The molecular formula is C12H20N2. The van der Waals surface area contributed by atoms with E-state index in [1.807, 2.05) is 18.3 Å². The molecule has 78 valence electrons. The van der Waals surface area contributed by atoms with Gasteiger partial charge in [-0.3, -0.25) is 4.98 Å². The maximum Gasteiger partial charge on any atom is 0.0404 e. The zero-order valence-corrected chi connectivity index (χ0v) is 9.00. The van der Waals surface area contributed by atoms with Gasteiger partial charge in [0.2, 0.25) is 0 Å².